The summed E-state index contributed by atoms with van der Waals surface area (Å²) in [4.78, 5) is 33.3. The quantitative estimate of drug-likeness (QED) is 0.341. The zero-order valence-electron chi connectivity index (χ0n) is 20.4. The Labute approximate surface area is 216 Å². The third kappa shape index (κ3) is 4.12. The molecule has 0 bridgehead atoms. The number of anilines is 1. The fraction of sp³-hybridized carbons (Fsp3) is 0.241. The van der Waals surface area contributed by atoms with E-state index in [4.69, 9.17) is 0 Å². The molecular formula is C29H24F3N3O3. The van der Waals surface area contributed by atoms with Crippen molar-refractivity contribution in [3.8, 4) is 5.75 Å². The van der Waals surface area contributed by atoms with E-state index in [-0.39, 0.29) is 24.1 Å². The van der Waals surface area contributed by atoms with Crippen LogP contribution in [0.1, 0.15) is 42.1 Å². The van der Waals surface area contributed by atoms with E-state index < -0.39 is 30.0 Å². The molecule has 38 heavy (non-hydrogen) atoms. The van der Waals surface area contributed by atoms with Gasteiger partial charge in [0.1, 0.15) is 5.75 Å². The van der Waals surface area contributed by atoms with Crippen LogP contribution < -0.4 is 9.64 Å². The van der Waals surface area contributed by atoms with Crippen LogP contribution in [-0.4, -0.2) is 40.6 Å². The number of imide groups is 1. The van der Waals surface area contributed by atoms with E-state index in [1.807, 2.05) is 48.2 Å². The average molecular weight is 520 g/mol. The number of fused-ring (bicyclic) bond motifs is 3. The van der Waals surface area contributed by atoms with Crippen LogP contribution in [0, 0.1) is 0 Å². The minimum atomic E-state index is -4.88. The lowest BCUT2D eigenvalue weighted by Crippen LogP contribution is -2.47. The van der Waals surface area contributed by atoms with Crippen molar-refractivity contribution >= 4 is 28.4 Å². The fourth-order valence-corrected chi connectivity index (χ4v) is 5.84. The molecule has 3 atom stereocenters. The van der Waals surface area contributed by atoms with Gasteiger partial charge in [0, 0.05) is 41.2 Å². The Balaban J connectivity index is 1.37. The van der Waals surface area contributed by atoms with E-state index in [0.717, 1.165) is 39.2 Å². The lowest BCUT2D eigenvalue weighted by molar-refractivity contribution is -0.274. The highest BCUT2D eigenvalue weighted by molar-refractivity contribution is 6.22. The zero-order valence-corrected chi connectivity index (χ0v) is 20.4. The molecule has 1 fully saturated rings. The molecular weight excluding hydrogens is 495 g/mol. The van der Waals surface area contributed by atoms with Gasteiger partial charge in [0.05, 0.1) is 18.2 Å². The van der Waals surface area contributed by atoms with Crippen LogP contribution in [0.25, 0.3) is 10.9 Å². The van der Waals surface area contributed by atoms with Gasteiger partial charge in [-0.2, -0.15) is 0 Å². The number of H-pyrrole nitrogens is 1. The number of alkyl halides is 3. The van der Waals surface area contributed by atoms with Crippen LogP contribution in [0.5, 0.6) is 5.75 Å². The summed E-state index contributed by atoms with van der Waals surface area (Å²) in [5, 5.41) is 1.12. The third-order valence-electron chi connectivity index (χ3n) is 7.47. The predicted molar refractivity (Wildman–Crippen MR) is 136 cm³/mol. The number of nitrogens with one attached hydrogen (secondary N) is 1. The molecule has 0 radical (unpaired) electrons. The lowest BCUT2D eigenvalue weighted by Gasteiger charge is -2.40. The van der Waals surface area contributed by atoms with Crippen molar-refractivity contribution in [2.75, 3.05) is 11.4 Å². The molecule has 2 aliphatic heterocycles. The average Bonchev–Trinajstić information content (AvgIpc) is 3.41. The van der Waals surface area contributed by atoms with Gasteiger partial charge in [0.15, 0.2) is 0 Å². The molecule has 0 spiro atoms. The number of aromatic nitrogens is 1. The van der Waals surface area contributed by atoms with E-state index in [1.165, 1.54) is 17.7 Å². The number of benzene rings is 3. The van der Waals surface area contributed by atoms with Crippen molar-refractivity contribution in [2.24, 2.45) is 0 Å². The smallest absolute Gasteiger partial charge is 0.406 e. The molecule has 2 amide bonds. The van der Waals surface area contributed by atoms with Gasteiger partial charge >= 0.3 is 6.36 Å². The number of ether oxygens (including phenoxy) is 1. The summed E-state index contributed by atoms with van der Waals surface area (Å²) >= 11 is 0. The van der Waals surface area contributed by atoms with Gasteiger partial charge in [-0.3, -0.25) is 14.5 Å². The molecule has 6 rings (SSSR count). The highest BCUT2D eigenvalue weighted by atomic mass is 19.4. The maximum Gasteiger partial charge on any atom is 0.573 e. The highest BCUT2D eigenvalue weighted by Gasteiger charge is 2.47. The molecule has 2 aliphatic rings. The zero-order chi connectivity index (χ0) is 26.6. The van der Waals surface area contributed by atoms with Gasteiger partial charge in [-0.05, 0) is 36.2 Å². The Bertz CT molecular complexity index is 1530. The standard InChI is InChI=1S/C29H24F3N3O3/c1-17-27-26(21-12-5-6-13-23(21)33-27)22(18-8-3-2-4-9-18)16-34(17)24-15-25(36)35(28(24)37)19-10-7-11-20(14-19)38-29(30,31)32/h2-14,17,22,24,33H,15-16H2,1H3. The molecule has 0 aliphatic carbocycles. The van der Waals surface area contributed by atoms with E-state index in [2.05, 4.69) is 27.9 Å². The van der Waals surface area contributed by atoms with Crippen molar-refractivity contribution in [1.82, 2.24) is 9.88 Å². The lowest BCUT2D eigenvalue weighted by atomic mass is 9.83. The van der Waals surface area contributed by atoms with Gasteiger partial charge < -0.3 is 9.72 Å². The van der Waals surface area contributed by atoms with Crippen LogP contribution >= 0.6 is 0 Å². The Hall–Kier alpha value is -4.11. The summed E-state index contributed by atoms with van der Waals surface area (Å²) in [6.07, 6.45) is -4.95. The van der Waals surface area contributed by atoms with E-state index in [9.17, 15) is 22.8 Å². The monoisotopic (exact) mass is 519 g/mol. The van der Waals surface area contributed by atoms with E-state index in [1.54, 1.807) is 0 Å². The molecule has 3 aromatic carbocycles. The second-order valence-electron chi connectivity index (χ2n) is 9.67. The molecule has 4 aromatic rings. The molecule has 9 heteroatoms. The number of carbonyl (C=O) groups excluding carboxylic acids is 2. The number of aromatic amines is 1. The van der Waals surface area contributed by atoms with Crippen molar-refractivity contribution in [1.29, 1.82) is 0 Å². The number of halogens is 3. The Morgan fingerprint density at radius 1 is 0.947 bits per heavy atom. The molecule has 1 N–H and O–H groups in total. The minimum absolute atomic E-state index is 0.0426. The molecule has 1 aromatic heterocycles. The second-order valence-corrected chi connectivity index (χ2v) is 9.67. The summed E-state index contributed by atoms with van der Waals surface area (Å²) in [7, 11) is 0. The van der Waals surface area contributed by atoms with Crippen LogP contribution in [0.2, 0.25) is 0 Å². The fourth-order valence-electron chi connectivity index (χ4n) is 5.84. The van der Waals surface area contributed by atoms with Crippen LogP contribution in [0.15, 0.2) is 78.9 Å². The number of hydrogen-bond donors (Lipinski definition) is 1. The number of hydrogen-bond acceptors (Lipinski definition) is 4. The van der Waals surface area contributed by atoms with Crippen LogP contribution in [-0.2, 0) is 9.59 Å². The minimum Gasteiger partial charge on any atom is -0.406 e. The SMILES string of the molecule is CC1c2[nH]c3ccccc3c2C(c2ccccc2)CN1C1CC(=O)N(c2cccc(OC(F)(F)F)c2)C1=O. The molecule has 0 saturated carbocycles. The Morgan fingerprint density at radius 3 is 2.45 bits per heavy atom. The summed E-state index contributed by atoms with van der Waals surface area (Å²) in [5.41, 5.74) is 4.33. The van der Waals surface area contributed by atoms with Crippen LogP contribution in [0.4, 0.5) is 18.9 Å². The molecule has 1 saturated heterocycles. The predicted octanol–water partition coefficient (Wildman–Crippen LogP) is 5.91. The molecule has 6 nitrogen and oxygen atoms in total. The summed E-state index contributed by atoms with van der Waals surface area (Å²) in [6, 6.07) is 22.1. The maximum absolute atomic E-state index is 13.7. The van der Waals surface area contributed by atoms with Crippen LogP contribution in [0.3, 0.4) is 0 Å². The number of amides is 2. The molecule has 3 heterocycles. The molecule has 194 valence electrons. The first kappa shape index (κ1) is 24.2. The third-order valence-corrected chi connectivity index (χ3v) is 7.47. The Kier molecular flexibility index (Phi) is 5.75. The largest absolute Gasteiger partial charge is 0.573 e. The summed E-state index contributed by atoms with van der Waals surface area (Å²) in [6.45, 7) is 2.52. The number of rotatable bonds is 4. The van der Waals surface area contributed by atoms with Gasteiger partial charge in [0.25, 0.3) is 5.91 Å². The highest BCUT2D eigenvalue weighted by Crippen LogP contribution is 2.45. The topological polar surface area (TPSA) is 65.6 Å². The van der Waals surface area contributed by atoms with Crippen molar-refractivity contribution in [3.05, 3.63) is 95.7 Å². The Morgan fingerprint density at radius 2 is 1.68 bits per heavy atom. The number of carbonyl (C=O) groups is 2. The normalized spacial score (nSPS) is 22.2. The van der Waals surface area contributed by atoms with Crippen molar-refractivity contribution in [2.45, 2.75) is 37.7 Å². The van der Waals surface area contributed by atoms with Gasteiger partial charge in [-0.1, -0.05) is 54.6 Å². The first-order valence-corrected chi connectivity index (χ1v) is 12.3. The first-order chi connectivity index (χ1) is 18.2. The number of nitrogens with zero attached hydrogens (tertiary/aromatic N) is 2. The maximum atomic E-state index is 13.7. The van der Waals surface area contributed by atoms with E-state index >= 15 is 0 Å². The molecule has 3 unspecified atom stereocenters. The second kappa shape index (κ2) is 9.02. The van der Waals surface area contributed by atoms with E-state index in [0.29, 0.717) is 6.54 Å². The van der Waals surface area contributed by atoms with Gasteiger partial charge in [-0.15, -0.1) is 13.2 Å². The van der Waals surface area contributed by atoms with Crippen molar-refractivity contribution in [3.63, 3.8) is 0 Å². The van der Waals surface area contributed by atoms with Gasteiger partial charge in [-0.25, -0.2) is 4.90 Å². The van der Waals surface area contributed by atoms with Crippen molar-refractivity contribution < 1.29 is 27.5 Å². The number of para-hydroxylation sites is 1. The summed E-state index contributed by atoms with van der Waals surface area (Å²) < 4.78 is 42.2. The first-order valence-electron chi connectivity index (χ1n) is 12.3. The van der Waals surface area contributed by atoms with Gasteiger partial charge in [0.2, 0.25) is 5.91 Å². The summed E-state index contributed by atoms with van der Waals surface area (Å²) in [5.74, 6) is -1.45.